The summed E-state index contributed by atoms with van der Waals surface area (Å²) in [5.41, 5.74) is 0. The Hall–Kier alpha value is -1.15. The third-order valence-electron chi connectivity index (χ3n) is 9.33. The Morgan fingerprint density at radius 1 is 0.458 bits per heavy atom. The molecule has 8 heteroatoms. The molecule has 0 heterocycles. The average molecular weight is 703 g/mol. The summed E-state index contributed by atoms with van der Waals surface area (Å²) in [6, 6.07) is 0. The molecule has 1 atom stereocenters. The second-order valence-electron chi connectivity index (χ2n) is 15.2. The summed E-state index contributed by atoms with van der Waals surface area (Å²) in [6.07, 6.45) is 33.4. The summed E-state index contributed by atoms with van der Waals surface area (Å²) in [5.74, 6) is -0.249. The normalized spacial score (nSPS) is 12.6. The van der Waals surface area contributed by atoms with Crippen molar-refractivity contribution < 1.29 is 32.0 Å². The Labute approximate surface area is 297 Å². The number of esters is 2. The predicted molar refractivity (Wildman–Crippen MR) is 201 cm³/mol. The van der Waals surface area contributed by atoms with Crippen molar-refractivity contribution in [2.75, 3.05) is 13.2 Å². The fourth-order valence-electron chi connectivity index (χ4n) is 6.17. The van der Waals surface area contributed by atoms with Crippen LogP contribution in [0.1, 0.15) is 214 Å². The van der Waals surface area contributed by atoms with Gasteiger partial charge in [-0.05, 0) is 24.7 Å². The van der Waals surface area contributed by atoms with Crippen LogP contribution in [0.25, 0.3) is 0 Å². The number of hydrogen-bond donors (Lipinski definition) is 1. The Morgan fingerprint density at radius 2 is 0.729 bits per heavy atom. The highest BCUT2D eigenvalue weighted by Crippen LogP contribution is 2.17. The van der Waals surface area contributed by atoms with E-state index in [1.165, 1.54) is 135 Å². The van der Waals surface area contributed by atoms with Crippen LogP contribution in [0.3, 0.4) is 0 Å². The van der Waals surface area contributed by atoms with Crippen molar-refractivity contribution in [2.45, 2.75) is 219 Å². The van der Waals surface area contributed by atoms with Crippen molar-refractivity contribution in [2.24, 2.45) is 11.8 Å². The van der Waals surface area contributed by atoms with E-state index in [0.717, 1.165) is 43.9 Å². The molecule has 0 radical (unpaired) electrons. The second kappa shape index (κ2) is 33.0. The molecule has 0 aliphatic heterocycles. The summed E-state index contributed by atoms with van der Waals surface area (Å²) >= 11 is 0. The van der Waals surface area contributed by atoms with Crippen LogP contribution < -0.4 is 0 Å². The molecule has 48 heavy (non-hydrogen) atoms. The van der Waals surface area contributed by atoms with E-state index < -0.39 is 33.7 Å². The maximum atomic E-state index is 12.4. The summed E-state index contributed by atoms with van der Waals surface area (Å²) in [4.78, 5) is 24.5. The van der Waals surface area contributed by atoms with Gasteiger partial charge in [0.2, 0.25) is 0 Å². The molecule has 0 aliphatic rings. The maximum Gasteiger partial charge on any atom is 0.327 e. The molecule has 1 unspecified atom stereocenters. The minimum Gasteiger partial charge on any atom is -0.466 e. The van der Waals surface area contributed by atoms with Gasteiger partial charge in [-0.15, -0.1) is 0 Å². The first-order valence-electron chi connectivity index (χ1n) is 20.3. The standard InChI is InChI=1S/C40H78O7S/c1-36(2)31-27-23-19-15-11-7-5-9-13-17-21-25-29-33-46-39(41)35-38(48(43,44)45)40(42)47-34-30-26-22-18-14-10-6-8-12-16-20-24-28-32-37(3)4/h36-38H,5-35H2,1-4H3,(H,43,44,45). The lowest BCUT2D eigenvalue weighted by molar-refractivity contribution is -0.150. The molecular weight excluding hydrogens is 625 g/mol. The van der Waals surface area contributed by atoms with Gasteiger partial charge in [-0.3, -0.25) is 14.1 Å². The summed E-state index contributed by atoms with van der Waals surface area (Å²) in [7, 11) is -4.77. The largest absolute Gasteiger partial charge is 0.466 e. The molecule has 0 aliphatic carbocycles. The second-order valence-corrected chi connectivity index (χ2v) is 16.8. The fraction of sp³-hybridized carbons (Fsp3) is 0.950. The Kier molecular flexibility index (Phi) is 32.2. The average Bonchev–Trinajstić information content (AvgIpc) is 3.02. The molecule has 0 aromatic rings. The summed E-state index contributed by atoms with van der Waals surface area (Å²) in [6.45, 7) is 9.44. The Balaban J connectivity index is 3.74. The van der Waals surface area contributed by atoms with Gasteiger partial charge in [0.25, 0.3) is 10.1 Å². The van der Waals surface area contributed by atoms with E-state index in [1.54, 1.807) is 0 Å². The van der Waals surface area contributed by atoms with Gasteiger partial charge in [0, 0.05) is 0 Å². The van der Waals surface area contributed by atoms with Gasteiger partial charge < -0.3 is 9.47 Å². The molecule has 0 amide bonds. The van der Waals surface area contributed by atoms with Crippen molar-refractivity contribution >= 4 is 22.1 Å². The van der Waals surface area contributed by atoms with Crippen molar-refractivity contribution in [1.29, 1.82) is 0 Å². The predicted octanol–water partition coefficient (Wildman–Crippen LogP) is 12.0. The van der Waals surface area contributed by atoms with E-state index in [9.17, 15) is 22.6 Å². The van der Waals surface area contributed by atoms with Crippen LogP contribution in [-0.4, -0.2) is 43.4 Å². The molecule has 0 bridgehead atoms. The van der Waals surface area contributed by atoms with E-state index in [2.05, 4.69) is 27.7 Å². The number of hydrogen-bond acceptors (Lipinski definition) is 6. The smallest absolute Gasteiger partial charge is 0.327 e. The molecule has 0 spiro atoms. The van der Waals surface area contributed by atoms with Gasteiger partial charge in [-0.1, -0.05) is 195 Å². The molecule has 0 saturated carbocycles. The maximum absolute atomic E-state index is 12.4. The zero-order valence-electron chi connectivity index (χ0n) is 32.0. The fourth-order valence-corrected chi connectivity index (χ4v) is 6.83. The quantitative estimate of drug-likeness (QED) is 0.0393. The van der Waals surface area contributed by atoms with Crippen LogP contribution in [-0.2, 0) is 29.2 Å². The SMILES string of the molecule is CC(C)CCCCCCCCCCCCCCCOC(=O)CC(C(=O)OCCCCCCCCCCCCCCCC(C)C)S(=O)(=O)O. The molecular formula is C40H78O7S. The van der Waals surface area contributed by atoms with Crippen LogP contribution in [0.5, 0.6) is 0 Å². The topological polar surface area (TPSA) is 107 Å². The van der Waals surface area contributed by atoms with E-state index in [1.807, 2.05) is 0 Å². The molecule has 1 N–H and O–H groups in total. The number of rotatable bonds is 36. The van der Waals surface area contributed by atoms with Crippen LogP contribution >= 0.6 is 0 Å². The van der Waals surface area contributed by atoms with E-state index in [0.29, 0.717) is 12.8 Å². The van der Waals surface area contributed by atoms with Gasteiger partial charge in [0.1, 0.15) is 0 Å². The van der Waals surface area contributed by atoms with E-state index >= 15 is 0 Å². The molecule has 7 nitrogen and oxygen atoms in total. The lowest BCUT2D eigenvalue weighted by atomic mass is 10.0. The third-order valence-corrected chi connectivity index (χ3v) is 10.4. The van der Waals surface area contributed by atoms with Crippen LogP contribution in [0.2, 0.25) is 0 Å². The zero-order valence-corrected chi connectivity index (χ0v) is 32.8. The molecule has 0 aromatic carbocycles. The third kappa shape index (κ3) is 33.4. The van der Waals surface area contributed by atoms with Crippen molar-refractivity contribution in [1.82, 2.24) is 0 Å². The van der Waals surface area contributed by atoms with Crippen LogP contribution in [0, 0.1) is 11.8 Å². The molecule has 0 rings (SSSR count). The number of ether oxygens (including phenoxy) is 2. The van der Waals surface area contributed by atoms with Crippen molar-refractivity contribution in [3.63, 3.8) is 0 Å². The highest BCUT2D eigenvalue weighted by molar-refractivity contribution is 7.87. The lowest BCUT2D eigenvalue weighted by Gasteiger charge is -2.13. The van der Waals surface area contributed by atoms with E-state index in [-0.39, 0.29) is 13.2 Å². The highest BCUT2D eigenvalue weighted by atomic mass is 32.2. The summed E-state index contributed by atoms with van der Waals surface area (Å²) in [5, 5.41) is -1.94. The van der Waals surface area contributed by atoms with Gasteiger partial charge in [-0.25, -0.2) is 0 Å². The highest BCUT2D eigenvalue weighted by Gasteiger charge is 2.35. The zero-order chi connectivity index (χ0) is 35.7. The van der Waals surface area contributed by atoms with Crippen molar-refractivity contribution in [3.05, 3.63) is 0 Å². The monoisotopic (exact) mass is 703 g/mol. The minimum absolute atomic E-state index is 0.0790. The number of carbonyl (C=O) groups excluding carboxylic acids is 2. The lowest BCUT2D eigenvalue weighted by Crippen LogP contribution is -2.34. The Bertz CT molecular complexity index is 841. The first kappa shape index (κ1) is 46.9. The molecule has 0 aromatic heterocycles. The minimum atomic E-state index is -4.77. The number of carbonyl (C=O) groups is 2. The Morgan fingerprint density at radius 3 is 1.02 bits per heavy atom. The molecule has 0 fully saturated rings. The van der Waals surface area contributed by atoms with Gasteiger partial charge in [0.05, 0.1) is 19.6 Å². The van der Waals surface area contributed by atoms with Crippen LogP contribution in [0.4, 0.5) is 0 Å². The molecule has 0 saturated heterocycles. The van der Waals surface area contributed by atoms with Gasteiger partial charge in [0.15, 0.2) is 5.25 Å². The van der Waals surface area contributed by atoms with Gasteiger partial charge >= 0.3 is 11.9 Å². The van der Waals surface area contributed by atoms with Crippen molar-refractivity contribution in [3.8, 4) is 0 Å². The first-order chi connectivity index (χ1) is 23.0. The van der Waals surface area contributed by atoms with Crippen LogP contribution in [0.15, 0.2) is 0 Å². The first-order valence-corrected chi connectivity index (χ1v) is 21.8. The van der Waals surface area contributed by atoms with E-state index in [4.69, 9.17) is 9.47 Å². The number of unbranched alkanes of at least 4 members (excludes halogenated alkanes) is 24. The molecule has 286 valence electrons. The van der Waals surface area contributed by atoms with Gasteiger partial charge in [-0.2, -0.15) is 8.42 Å². The summed E-state index contributed by atoms with van der Waals surface area (Å²) < 4.78 is 43.3.